The zero-order valence-electron chi connectivity index (χ0n) is 23.6. The van der Waals surface area contributed by atoms with Crippen LogP contribution in [0.1, 0.15) is 25.7 Å². The van der Waals surface area contributed by atoms with E-state index in [9.17, 15) is 38.5 Å². The zero-order chi connectivity index (χ0) is 32.3. The van der Waals surface area contributed by atoms with Crippen LogP contribution >= 0.6 is 0 Å². The van der Waals surface area contributed by atoms with E-state index < -0.39 is 80.3 Å². The number of carbonyl (C=O) groups excluding carboxylic acids is 1. The van der Waals surface area contributed by atoms with Gasteiger partial charge in [0.1, 0.15) is 34.5 Å². The van der Waals surface area contributed by atoms with E-state index >= 15 is 0 Å². The minimum atomic E-state index is -4.33. The predicted molar refractivity (Wildman–Crippen MR) is 153 cm³/mol. The van der Waals surface area contributed by atoms with Crippen LogP contribution in [0.4, 0.5) is 4.79 Å². The first-order valence-corrected chi connectivity index (χ1v) is 19.9. The summed E-state index contributed by atoms with van der Waals surface area (Å²) >= 11 is 0. The Bertz CT molecular complexity index is 1680. The molecule has 244 valence electrons. The molecule has 0 spiro atoms. The number of sulfonamides is 2. The van der Waals surface area contributed by atoms with E-state index in [4.69, 9.17) is 18.9 Å². The molecule has 4 atom stereocenters. The first kappa shape index (κ1) is 34.2. The molecule has 2 N–H and O–H groups in total. The van der Waals surface area contributed by atoms with Gasteiger partial charge in [0.15, 0.2) is 19.7 Å². The van der Waals surface area contributed by atoms with Crippen molar-refractivity contribution in [2.45, 2.75) is 69.9 Å². The van der Waals surface area contributed by atoms with Crippen LogP contribution in [0.2, 0.25) is 0 Å². The summed E-state index contributed by atoms with van der Waals surface area (Å²) in [6, 6.07) is 10.2. The van der Waals surface area contributed by atoms with Crippen LogP contribution in [-0.4, -0.2) is 90.2 Å². The summed E-state index contributed by atoms with van der Waals surface area (Å²) < 4.78 is 126. The number of ether oxygens (including phenoxy) is 4. The van der Waals surface area contributed by atoms with Crippen molar-refractivity contribution in [2.24, 2.45) is 0 Å². The van der Waals surface area contributed by atoms with Crippen LogP contribution < -0.4 is 9.44 Å². The fourth-order valence-corrected chi connectivity index (χ4v) is 10.2. The number of hydrogen-bond acceptors (Lipinski definition) is 13. The lowest BCUT2D eigenvalue weighted by molar-refractivity contribution is -0.0929. The average molecular weight is 697 g/mol. The highest BCUT2D eigenvalue weighted by atomic mass is 32.2. The van der Waals surface area contributed by atoms with Crippen molar-refractivity contribution in [3.05, 3.63) is 48.5 Å². The maximum absolute atomic E-state index is 13.0. The third kappa shape index (κ3) is 8.75. The third-order valence-electron chi connectivity index (χ3n) is 6.65. The number of nitrogens with one attached hydrogen (secondary N) is 2. The minimum absolute atomic E-state index is 0.0228. The largest absolute Gasteiger partial charge is 0.508 e. The molecule has 44 heavy (non-hydrogen) atoms. The molecule has 2 aromatic rings. The quantitative estimate of drug-likeness (QED) is 0.331. The molecule has 2 aliphatic heterocycles. The number of sulfone groups is 2. The molecule has 19 heteroatoms. The molecule has 2 fully saturated rings. The Morgan fingerprint density at radius 2 is 0.977 bits per heavy atom. The lowest BCUT2D eigenvalue weighted by Crippen LogP contribution is -2.45. The van der Waals surface area contributed by atoms with Crippen LogP contribution in [0, 0.1) is 0 Å². The van der Waals surface area contributed by atoms with Crippen molar-refractivity contribution in [1.29, 1.82) is 0 Å². The molecule has 0 amide bonds. The lowest BCUT2D eigenvalue weighted by atomic mass is 10.1. The molecule has 2 saturated heterocycles. The summed E-state index contributed by atoms with van der Waals surface area (Å²) in [7, 11) is -16.4. The Balaban J connectivity index is 1.33. The highest BCUT2D eigenvalue weighted by molar-refractivity contribution is 7.93. The fraction of sp³-hybridized carbons (Fsp3) is 0.480. The molecule has 0 aromatic heterocycles. The van der Waals surface area contributed by atoms with Gasteiger partial charge >= 0.3 is 6.16 Å². The molecule has 2 aliphatic rings. The maximum Gasteiger partial charge on any atom is 0.508 e. The monoisotopic (exact) mass is 696 g/mol. The summed E-state index contributed by atoms with van der Waals surface area (Å²) in [4.78, 5) is 10.9. The normalized spacial score (nSPS) is 23.5. The van der Waals surface area contributed by atoms with Crippen molar-refractivity contribution in [2.75, 3.05) is 25.7 Å². The van der Waals surface area contributed by atoms with Gasteiger partial charge in [-0.05, 0) is 24.3 Å². The molecule has 2 aromatic carbocycles. The van der Waals surface area contributed by atoms with E-state index in [-0.39, 0.29) is 48.7 Å². The molecule has 4 unspecified atom stereocenters. The molecule has 0 bridgehead atoms. The third-order valence-corrected chi connectivity index (χ3v) is 12.2. The van der Waals surface area contributed by atoms with Crippen LogP contribution in [-0.2, 0) is 58.7 Å². The molecule has 15 nitrogen and oxygen atoms in total. The predicted octanol–water partition coefficient (Wildman–Crippen LogP) is 0.914. The van der Waals surface area contributed by atoms with E-state index in [1.54, 1.807) is 0 Å². The van der Waals surface area contributed by atoms with E-state index in [2.05, 4.69) is 9.44 Å². The van der Waals surface area contributed by atoms with Gasteiger partial charge in [0.2, 0.25) is 20.0 Å². The smallest absolute Gasteiger partial charge is 0.431 e. The van der Waals surface area contributed by atoms with Gasteiger partial charge in [0.05, 0.1) is 23.0 Å². The average Bonchev–Trinajstić information content (AvgIpc) is 2.92. The number of rotatable bonds is 10. The van der Waals surface area contributed by atoms with E-state index in [0.29, 0.717) is 0 Å². The van der Waals surface area contributed by atoms with Crippen molar-refractivity contribution >= 4 is 45.9 Å². The van der Waals surface area contributed by atoms with E-state index in [0.717, 1.165) is 24.6 Å². The molecule has 0 radical (unpaired) electrons. The van der Waals surface area contributed by atoms with Crippen molar-refractivity contribution < 1.29 is 57.4 Å². The Morgan fingerprint density at radius 1 is 0.636 bits per heavy atom. The van der Waals surface area contributed by atoms with Crippen molar-refractivity contribution in [3.63, 3.8) is 0 Å². The maximum atomic E-state index is 13.0. The Kier molecular flexibility index (Phi) is 10.4. The van der Waals surface area contributed by atoms with Gasteiger partial charge in [-0.15, -0.1) is 0 Å². The summed E-state index contributed by atoms with van der Waals surface area (Å²) in [5.41, 5.74) is 0. The number of hydrogen-bond donors (Lipinski definition) is 2. The molecular weight excluding hydrogens is 665 g/mol. The van der Waals surface area contributed by atoms with E-state index in [1.807, 2.05) is 0 Å². The van der Waals surface area contributed by atoms with Gasteiger partial charge in [-0.2, -0.15) is 9.44 Å². The Morgan fingerprint density at radius 3 is 1.32 bits per heavy atom. The summed E-state index contributed by atoms with van der Waals surface area (Å²) in [6.07, 6.45) is -2.90. The minimum Gasteiger partial charge on any atom is -0.431 e. The Labute approximate surface area is 256 Å². The molecule has 0 saturated carbocycles. The van der Waals surface area contributed by atoms with Crippen molar-refractivity contribution in [1.82, 2.24) is 9.44 Å². The van der Waals surface area contributed by atoms with Gasteiger partial charge < -0.3 is 18.9 Å². The van der Waals surface area contributed by atoms with Crippen molar-refractivity contribution in [3.8, 4) is 0 Å². The van der Waals surface area contributed by atoms with Crippen LogP contribution in [0.5, 0.6) is 0 Å². The van der Waals surface area contributed by atoms with E-state index in [1.165, 1.54) is 36.4 Å². The van der Waals surface area contributed by atoms with Gasteiger partial charge in [0, 0.05) is 38.2 Å². The van der Waals surface area contributed by atoms with Gasteiger partial charge in [-0.1, -0.05) is 24.3 Å². The van der Waals surface area contributed by atoms with Gasteiger partial charge in [-0.25, -0.2) is 38.5 Å². The molecule has 4 rings (SSSR count). The second kappa shape index (κ2) is 13.4. The highest BCUT2D eigenvalue weighted by Crippen LogP contribution is 2.25. The van der Waals surface area contributed by atoms with Gasteiger partial charge in [-0.3, -0.25) is 0 Å². The van der Waals surface area contributed by atoms with Gasteiger partial charge in [0.25, 0.3) is 0 Å². The Hall–Kier alpha value is -2.65. The zero-order valence-corrected chi connectivity index (χ0v) is 26.9. The van der Waals surface area contributed by atoms with Crippen LogP contribution in [0.3, 0.4) is 0 Å². The van der Waals surface area contributed by atoms with Crippen LogP contribution in [0.25, 0.3) is 0 Å². The topological polar surface area (TPSA) is 215 Å². The summed E-state index contributed by atoms with van der Waals surface area (Å²) in [5.74, 6) is 0. The second-order valence-electron chi connectivity index (χ2n) is 10.2. The first-order chi connectivity index (χ1) is 20.5. The first-order valence-electron chi connectivity index (χ1n) is 13.2. The summed E-state index contributed by atoms with van der Waals surface area (Å²) in [5, 5.41) is 0. The molecular formula is C25H32N2O13S4. The van der Waals surface area contributed by atoms with Crippen LogP contribution in [0.15, 0.2) is 68.1 Å². The standard InChI is InChI=1S/C25H32N2O13S4/c1-41(29,30)19-7-3-5-9-21(19)43(33,34)26-23-15-17(11-13-37-23)39-25(28)40-18-12-14-38-24(16-18)27-44(35,36)22-10-6-4-8-20(22)42(2,31)32/h3-10,17-18,23-24,26-27H,11-16H2,1-2H3. The number of benzene rings is 2. The molecule has 2 heterocycles. The summed E-state index contributed by atoms with van der Waals surface area (Å²) in [6.45, 7) is 0.0455. The second-order valence-corrected chi connectivity index (χ2v) is 17.5. The lowest BCUT2D eigenvalue weighted by Gasteiger charge is -2.31. The number of carbonyl (C=O) groups is 1. The fourth-order valence-electron chi connectivity index (χ4n) is 4.64. The molecule has 0 aliphatic carbocycles. The SMILES string of the molecule is CS(=O)(=O)c1ccccc1S(=O)(=O)NC1CC(OC(=O)OC2CCOC(NS(=O)(=O)c3ccccc3S(C)(=O)=O)C2)CCO1. The highest BCUT2D eigenvalue weighted by Gasteiger charge is 2.34.